The van der Waals surface area contributed by atoms with Gasteiger partial charge in [0.2, 0.25) is 0 Å². The summed E-state index contributed by atoms with van der Waals surface area (Å²) in [6, 6.07) is 3.52. The molecular formula is C7H5BrClFO2. The van der Waals surface area contributed by atoms with Crippen LogP contribution in [0.25, 0.3) is 0 Å². The van der Waals surface area contributed by atoms with Gasteiger partial charge in [-0.05, 0) is 34.1 Å². The van der Waals surface area contributed by atoms with Crippen LogP contribution in [0.15, 0.2) is 22.7 Å². The third kappa shape index (κ3) is 2.46. The van der Waals surface area contributed by atoms with Gasteiger partial charge in [0.25, 0.3) is 0 Å². The molecule has 0 bridgehead atoms. The van der Waals surface area contributed by atoms with Crippen molar-refractivity contribution >= 4 is 34.3 Å². The predicted octanol–water partition coefficient (Wildman–Crippen LogP) is 2.71. The normalized spacial score (nSPS) is 8.83. The van der Waals surface area contributed by atoms with Crippen molar-refractivity contribution in [3.63, 3.8) is 0 Å². The van der Waals surface area contributed by atoms with Gasteiger partial charge in [-0.25, -0.2) is 9.18 Å². The summed E-state index contributed by atoms with van der Waals surface area (Å²) in [7, 11) is 0. The largest absolute Gasteiger partial charge is 0.478 e. The lowest BCUT2D eigenvalue weighted by Gasteiger charge is -1.96. The Bertz CT molecular complexity index is 303. The van der Waals surface area contributed by atoms with E-state index in [4.69, 9.17) is 5.11 Å². The lowest BCUT2D eigenvalue weighted by Crippen LogP contribution is -1.97. The summed E-state index contributed by atoms with van der Waals surface area (Å²) >= 11 is 2.98. The summed E-state index contributed by atoms with van der Waals surface area (Å²) in [6.45, 7) is 0. The lowest BCUT2D eigenvalue weighted by atomic mass is 10.2. The maximum atomic E-state index is 12.4. The minimum Gasteiger partial charge on any atom is -0.478 e. The number of hydrogen-bond donors (Lipinski definition) is 1. The van der Waals surface area contributed by atoms with Crippen molar-refractivity contribution in [1.29, 1.82) is 0 Å². The SMILES string of the molecule is Cl.O=C(O)c1cc(F)ccc1Br. The van der Waals surface area contributed by atoms with Crippen molar-refractivity contribution < 1.29 is 14.3 Å². The van der Waals surface area contributed by atoms with Crippen molar-refractivity contribution in [2.75, 3.05) is 0 Å². The van der Waals surface area contributed by atoms with Crippen LogP contribution in [0.3, 0.4) is 0 Å². The topological polar surface area (TPSA) is 37.3 Å². The van der Waals surface area contributed by atoms with Crippen molar-refractivity contribution in [2.45, 2.75) is 0 Å². The Labute approximate surface area is 82.9 Å². The standard InChI is InChI=1S/C7H4BrFO2.ClH/c8-6-2-1-4(9)3-5(6)7(10)11;/h1-3H,(H,10,11);1H. The summed E-state index contributed by atoms with van der Waals surface area (Å²) < 4.78 is 12.8. The molecule has 0 saturated heterocycles. The molecular weight excluding hydrogens is 250 g/mol. The molecule has 0 saturated carbocycles. The second-order valence-electron chi connectivity index (χ2n) is 1.93. The molecule has 1 rings (SSSR count). The molecule has 0 aliphatic carbocycles. The van der Waals surface area contributed by atoms with Gasteiger partial charge < -0.3 is 5.11 Å². The average Bonchev–Trinajstić information content (AvgIpc) is 1.94. The Morgan fingerprint density at radius 2 is 2.08 bits per heavy atom. The molecule has 0 aliphatic rings. The van der Waals surface area contributed by atoms with Crippen molar-refractivity contribution in [3.05, 3.63) is 34.1 Å². The van der Waals surface area contributed by atoms with Crippen molar-refractivity contribution in [3.8, 4) is 0 Å². The molecule has 0 atom stereocenters. The van der Waals surface area contributed by atoms with Crippen LogP contribution in [0, 0.1) is 5.82 Å². The molecule has 0 amide bonds. The minimum atomic E-state index is -1.14. The van der Waals surface area contributed by atoms with Crippen LogP contribution in [-0.2, 0) is 0 Å². The van der Waals surface area contributed by atoms with E-state index >= 15 is 0 Å². The first-order valence-electron chi connectivity index (χ1n) is 2.79. The first kappa shape index (κ1) is 11.4. The Kier molecular flexibility index (Phi) is 4.20. The van der Waals surface area contributed by atoms with E-state index in [9.17, 15) is 9.18 Å². The third-order valence-corrected chi connectivity index (χ3v) is 1.85. The molecule has 0 heterocycles. The summed E-state index contributed by atoms with van der Waals surface area (Å²) in [5.74, 6) is -1.69. The van der Waals surface area contributed by atoms with Crippen LogP contribution in [-0.4, -0.2) is 11.1 Å². The molecule has 12 heavy (non-hydrogen) atoms. The average molecular weight is 255 g/mol. The van der Waals surface area contributed by atoms with E-state index in [0.29, 0.717) is 4.47 Å². The summed E-state index contributed by atoms with van der Waals surface area (Å²) in [4.78, 5) is 10.4. The van der Waals surface area contributed by atoms with Crippen LogP contribution < -0.4 is 0 Å². The third-order valence-electron chi connectivity index (χ3n) is 1.16. The van der Waals surface area contributed by atoms with E-state index in [0.717, 1.165) is 6.07 Å². The van der Waals surface area contributed by atoms with Gasteiger partial charge in [-0.3, -0.25) is 0 Å². The number of carboxylic acids is 1. The quantitative estimate of drug-likeness (QED) is 0.838. The Balaban J connectivity index is 0.00000121. The van der Waals surface area contributed by atoms with Gasteiger partial charge in [0.05, 0.1) is 5.56 Å². The summed E-state index contributed by atoms with van der Waals surface area (Å²) in [6.07, 6.45) is 0. The highest BCUT2D eigenvalue weighted by Crippen LogP contribution is 2.17. The van der Waals surface area contributed by atoms with E-state index in [1.165, 1.54) is 12.1 Å². The molecule has 1 aromatic rings. The first-order valence-corrected chi connectivity index (χ1v) is 3.59. The van der Waals surface area contributed by atoms with Crippen molar-refractivity contribution in [1.82, 2.24) is 0 Å². The number of carbonyl (C=O) groups is 1. The second-order valence-corrected chi connectivity index (χ2v) is 2.78. The minimum absolute atomic E-state index is 0. The highest BCUT2D eigenvalue weighted by molar-refractivity contribution is 9.10. The van der Waals surface area contributed by atoms with E-state index in [1.54, 1.807) is 0 Å². The van der Waals surface area contributed by atoms with Gasteiger partial charge in [-0.1, -0.05) is 0 Å². The molecule has 0 unspecified atom stereocenters. The number of benzene rings is 1. The van der Waals surface area contributed by atoms with E-state index in [-0.39, 0.29) is 18.0 Å². The fraction of sp³-hybridized carbons (Fsp3) is 0. The van der Waals surface area contributed by atoms with Crippen LogP contribution in [0.4, 0.5) is 4.39 Å². The second kappa shape index (κ2) is 4.42. The highest BCUT2D eigenvalue weighted by atomic mass is 79.9. The Morgan fingerprint density at radius 1 is 1.50 bits per heavy atom. The molecule has 0 spiro atoms. The maximum absolute atomic E-state index is 12.4. The number of aromatic carboxylic acids is 1. The van der Waals surface area contributed by atoms with Gasteiger partial charge in [-0.2, -0.15) is 0 Å². The smallest absolute Gasteiger partial charge is 0.336 e. The van der Waals surface area contributed by atoms with Crippen molar-refractivity contribution in [2.24, 2.45) is 0 Å². The number of rotatable bonds is 1. The molecule has 1 aromatic carbocycles. The molecule has 0 fully saturated rings. The van der Waals surface area contributed by atoms with Gasteiger partial charge in [0.15, 0.2) is 0 Å². The molecule has 2 nitrogen and oxygen atoms in total. The molecule has 1 N–H and O–H groups in total. The Morgan fingerprint density at radius 3 is 2.50 bits per heavy atom. The molecule has 0 aliphatic heterocycles. The van der Waals surface area contributed by atoms with Crippen LogP contribution >= 0.6 is 28.3 Å². The van der Waals surface area contributed by atoms with Gasteiger partial charge >= 0.3 is 5.97 Å². The van der Waals surface area contributed by atoms with Gasteiger partial charge in [-0.15, -0.1) is 12.4 Å². The highest BCUT2D eigenvalue weighted by Gasteiger charge is 2.07. The van der Waals surface area contributed by atoms with E-state index in [2.05, 4.69) is 15.9 Å². The molecule has 0 aromatic heterocycles. The zero-order valence-corrected chi connectivity index (χ0v) is 8.15. The van der Waals surface area contributed by atoms with Crippen LogP contribution in [0.1, 0.15) is 10.4 Å². The molecule has 66 valence electrons. The van der Waals surface area contributed by atoms with Gasteiger partial charge in [0, 0.05) is 4.47 Å². The first-order chi connectivity index (χ1) is 5.11. The van der Waals surface area contributed by atoms with Gasteiger partial charge in [0.1, 0.15) is 5.82 Å². The Hall–Kier alpha value is -0.610. The van der Waals surface area contributed by atoms with Crippen LogP contribution in [0.2, 0.25) is 0 Å². The van der Waals surface area contributed by atoms with Crippen LogP contribution in [0.5, 0.6) is 0 Å². The maximum Gasteiger partial charge on any atom is 0.336 e. The molecule has 5 heteroatoms. The lowest BCUT2D eigenvalue weighted by molar-refractivity contribution is 0.0695. The molecule has 0 radical (unpaired) electrons. The zero-order chi connectivity index (χ0) is 8.43. The summed E-state index contributed by atoms with van der Waals surface area (Å²) in [5, 5.41) is 8.49. The van der Waals surface area contributed by atoms with E-state index in [1.807, 2.05) is 0 Å². The monoisotopic (exact) mass is 254 g/mol. The fourth-order valence-electron chi connectivity index (χ4n) is 0.661. The van der Waals surface area contributed by atoms with E-state index < -0.39 is 11.8 Å². The summed E-state index contributed by atoms with van der Waals surface area (Å²) in [5.41, 5.74) is -0.0648. The number of hydrogen-bond acceptors (Lipinski definition) is 1. The number of halogens is 3. The zero-order valence-electron chi connectivity index (χ0n) is 5.75. The number of carboxylic acid groups (broad SMARTS) is 1. The fourth-order valence-corrected chi connectivity index (χ4v) is 1.08. The predicted molar refractivity (Wildman–Crippen MR) is 48.3 cm³/mol.